The third kappa shape index (κ3) is 2.88. The summed E-state index contributed by atoms with van der Waals surface area (Å²) >= 11 is 5.87. The van der Waals surface area contributed by atoms with Crippen LogP contribution in [0.25, 0.3) is 0 Å². The van der Waals surface area contributed by atoms with Crippen LogP contribution >= 0.6 is 11.6 Å². The summed E-state index contributed by atoms with van der Waals surface area (Å²) in [5.41, 5.74) is 9.42. The molecule has 3 N–H and O–H groups in total. The van der Waals surface area contributed by atoms with Crippen molar-refractivity contribution in [3.63, 3.8) is 0 Å². The first kappa shape index (κ1) is 12.2. The fraction of sp³-hybridized carbons (Fsp3) is 0.364. The largest absolute Gasteiger partial charge is 0.398 e. The number of amides is 1. The van der Waals surface area contributed by atoms with E-state index in [1.807, 2.05) is 0 Å². The predicted molar refractivity (Wildman–Crippen MR) is 65.2 cm³/mol. The molecule has 6 heteroatoms. The van der Waals surface area contributed by atoms with Gasteiger partial charge in [0, 0.05) is 11.6 Å². The van der Waals surface area contributed by atoms with E-state index in [2.05, 4.69) is 5.43 Å². The maximum atomic E-state index is 12.0. The number of nitrogen functional groups attached to an aromatic ring is 1. The molecule has 0 atom stereocenters. The SMILES string of the molecule is CON(NC1CC1)C(=O)c1ccc(N)c(Cl)c1. The molecule has 0 aromatic heterocycles. The van der Waals surface area contributed by atoms with Crippen LogP contribution in [-0.4, -0.2) is 24.2 Å². The van der Waals surface area contributed by atoms with Crippen molar-refractivity contribution in [2.24, 2.45) is 0 Å². The van der Waals surface area contributed by atoms with Gasteiger partial charge in [-0.1, -0.05) is 11.6 Å². The molecule has 0 spiro atoms. The monoisotopic (exact) mass is 255 g/mol. The molecule has 0 saturated heterocycles. The van der Waals surface area contributed by atoms with Gasteiger partial charge < -0.3 is 5.73 Å². The fourth-order valence-corrected chi connectivity index (χ4v) is 1.53. The number of hydrogen-bond acceptors (Lipinski definition) is 4. The first-order valence-electron chi connectivity index (χ1n) is 5.31. The molecular weight excluding hydrogens is 242 g/mol. The zero-order valence-electron chi connectivity index (χ0n) is 9.44. The quantitative estimate of drug-likeness (QED) is 0.633. The number of hydroxylamine groups is 1. The van der Waals surface area contributed by atoms with Gasteiger partial charge in [0.1, 0.15) is 0 Å². The Bertz CT molecular complexity index is 435. The van der Waals surface area contributed by atoms with E-state index >= 15 is 0 Å². The molecule has 92 valence electrons. The number of nitrogens with zero attached hydrogens (tertiary/aromatic N) is 1. The average Bonchev–Trinajstić information content (AvgIpc) is 3.12. The van der Waals surface area contributed by atoms with E-state index in [-0.39, 0.29) is 5.91 Å². The third-order valence-electron chi connectivity index (χ3n) is 2.49. The fourth-order valence-electron chi connectivity index (χ4n) is 1.35. The molecule has 17 heavy (non-hydrogen) atoms. The topological polar surface area (TPSA) is 67.6 Å². The Balaban J connectivity index is 2.12. The highest BCUT2D eigenvalue weighted by molar-refractivity contribution is 6.33. The number of anilines is 1. The lowest BCUT2D eigenvalue weighted by molar-refractivity contribution is -0.133. The highest BCUT2D eigenvalue weighted by atomic mass is 35.5. The number of nitrogens with one attached hydrogen (secondary N) is 1. The Kier molecular flexibility index (Phi) is 3.51. The lowest BCUT2D eigenvalue weighted by Gasteiger charge is -2.20. The third-order valence-corrected chi connectivity index (χ3v) is 2.82. The Morgan fingerprint density at radius 3 is 2.82 bits per heavy atom. The van der Waals surface area contributed by atoms with Gasteiger partial charge in [0.05, 0.1) is 17.8 Å². The van der Waals surface area contributed by atoms with Gasteiger partial charge in [-0.3, -0.25) is 9.63 Å². The van der Waals surface area contributed by atoms with Crippen molar-refractivity contribution in [2.45, 2.75) is 18.9 Å². The molecule has 1 aromatic rings. The lowest BCUT2D eigenvalue weighted by atomic mass is 10.2. The average molecular weight is 256 g/mol. The van der Waals surface area contributed by atoms with Gasteiger partial charge in [0.15, 0.2) is 0 Å². The number of hydrogen-bond donors (Lipinski definition) is 2. The van der Waals surface area contributed by atoms with Crippen molar-refractivity contribution in [3.05, 3.63) is 28.8 Å². The molecule has 2 rings (SSSR count). The minimum atomic E-state index is -0.290. The molecular formula is C11H14ClN3O2. The second-order valence-corrected chi connectivity index (χ2v) is 4.33. The van der Waals surface area contributed by atoms with Crippen molar-refractivity contribution in [1.29, 1.82) is 0 Å². The smallest absolute Gasteiger partial charge is 0.292 e. The summed E-state index contributed by atoms with van der Waals surface area (Å²) in [6.45, 7) is 0. The highest BCUT2D eigenvalue weighted by Crippen LogP contribution is 2.22. The van der Waals surface area contributed by atoms with Crippen molar-refractivity contribution in [2.75, 3.05) is 12.8 Å². The van der Waals surface area contributed by atoms with Crippen LogP contribution in [0.4, 0.5) is 5.69 Å². The molecule has 1 saturated carbocycles. The van der Waals surface area contributed by atoms with E-state index in [0.29, 0.717) is 22.3 Å². The predicted octanol–water partition coefficient (Wildman–Crippen LogP) is 1.59. The molecule has 0 aliphatic heterocycles. The van der Waals surface area contributed by atoms with Gasteiger partial charge in [-0.25, -0.2) is 5.43 Å². The standard InChI is InChI=1S/C11H14ClN3O2/c1-17-15(14-8-3-4-8)11(16)7-2-5-10(13)9(12)6-7/h2,5-6,8,14H,3-4,13H2,1H3. The maximum Gasteiger partial charge on any atom is 0.292 e. The molecule has 1 fully saturated rings. The molecule has 1 aromatic carbocycles. The summed E-state index contributed by atoms with van der Waals surface area (Å²) in [5.74, 6) is -0.290. The van der Waals surface area contributed by atoms with Gasteiger partial charge in [0.2, 0.25) is 0 Å². The zero-order valence-corrected chi connectivity index (χ0v) is 10.2. The Hall–Kier alpha value is -1.30. The van der Waals surface area contributed by atoms with Crippen LogP contribution in [0.2, 0.25) is 5.02 Å². The van der Waals surface area contributed by atoms with Crippen LogP contribution < -0.4 is 11.2 Å². The summed E-state index contributed by atoms with van der Waals surface area (Å²) in [6.07, 6.45) is 2.10. The first-order valence-corrected chi connectivity index (χ1v) is 5.69. The van der Waals surface area contributed by atoms with Crippen molar-refractivity contribution >= 4 is 23.2 Å². The van der Waals surface area contributed by atoms with Gasteiger partial charge in [0.25, 0.3) is 5.91 Å². The van der Waals surface area contributed by atoms with Crippen LogP contribution in [0.5, 0.6) is 0 Å². The zero-order chi connectivity index (χ0) is 12.4. The molecule has 0 unspecified atom stereocenters. The van der Waals surface area contributed by atoms with Gasteiger partial charge >= 0.3 is 0 Å². The Labute approximate surface area is 104 Å². The van der Waals surface area contributed by atoms with E-state index in [0.717, 1.165) is 18.0 Å². The van der Waals surface area contributed by atoms with Crippen molar-refractivity contribution in [3.8, 4) is 0 Å². The number of rotatable bonds is 4. The summed E-state index contributed by atoms with van der Waals surface area (Å²) in [4.78, 5) is 17.0. The molecule has 0 radical (unpaired) electrons. The second kappa shape index (κ2) is 4.91. The number of benzene rings is 1. The summed E-state index contributed by atoms with van der Waals surface area (Å²) in [7, 11) is 1.44. The molecule has 5 nitrogen and oxygen atoms in total. The van der Waals surface area contributed by atoms with Crippen LogP contribution in [-0.2, 0) is 4.84 Å². The van der Waals surface area contributed by atoms with Crippen molar-refractivity contribution in [1.82, 2.24) is 10.6 Å². The number of halogens is 1. The van der Waals surface area contributed by atoms with E-state index in [4.69, 9.17) is 22.2 Å². The normalized spacial score (nSPS) is 14.7. The maximum absolute atomic E-state index is 12.0. The van der Waals surface area contributed by atoms with E-state index in [1.54, 1.807) is 12.1 Å². The Morgan fingerprint density at radius 2 is 2.29 bits per heavy atom. The van der Waals surface area contributed by atoms with E-state index in [1.165, 1.54) is 13.2 Å². The van der Waals surface area contributed by atoms with Crippen LogP contribution in [0.1, 0.15) is 23.2 Å². The second-order valence-electron chi connectivity index (χ2n) is 3.92. The van der Waals surface area contributed by atoms with E-state index in [9.17, 15) is 4.79 Å². The lowest BCUT2D eigenvalue weighted by Crippen LogP contribution is -2.43. The van der Waals surface area contributed by atoms with E-state index < -0.39 is 0 Å². The van der Waals surface area contributed by atoms with Crippen LogP contribution in [0.15, 0.2) is 18.2 Å². The van der Waals surface area contributed by atoms with Gasteiger partial charge in [-0.05, 0) is 31.0 Å². The van der Waals surface area contributed by atoms with Gasteiger partial charge in [-0.15, -0.1) is 5.17 Å². The number of nitrogens with two attached hydrogens (primary N) is 1. The molecule has 1 aliphatic rings. The molecule has 1 aliphatic carbocycles. The minimum Gasteiger partial charge on any atom is -0.398 e. The van der Waals surface area contributed by atoms with Crippen LogP contribution in [0, 0.1) is 0 Å². The summed E-state index contributed by atoms with van der Waals surface area (Å²) in [6, 6.07) is 5.06. The first-order chi connectivity index (χ1) is 8.11. The van der Waals surface area contributed by atoms with Gasteiger partial charge in [-0.2, -0.15) is 0 Å². The summed E-state index contributed by atoms with van der Waals surface area (Å²) < 4.78 is 0. The minimum absolute atomic E-state index is 0.290. The number of carbonyl (C=O) groups excluding carboxylic acids is 1. The number of carbonyl (C=O) groups is 1. The molecule has 1 amide bonds. The molecule has 0 bridgehead atoms. The van der Waals surface area contributed by atoms with Crippen molar-refractivity contribution < 1.29 is 9.63 Å². The number of hydrazine groups is 1. The summed E-state index contributed by atoms with van der Waals surface area (Å²) in [5, 5.41) is 1.48. The Morgan fingerprint density at radius 1 is 1.59 bits per heavy atom. The highest BCUT2D eigenvalue weighted by Gasteiger charge is 2.27. The molecule has 0 heterocycles. The van der Waals surface area contributed by atoms with Crippen LogP contribution in [0.3, 0.4) is 0 Å².